The van der Waals surface area contributed by atoms with Crippen molar-refractivity contribution in [2.45, 2.75) is 6.54 Å². The maximum atomic E-state index is 12.6. The Hall–Kier alpha value is -1.37. The Morgan fingerprint density at radius 2 is 2.19 bits per heavy atom. The number of amides is 1. The number of fused-ring (bicyclic) bond motifs is 1. The summed E-state index contributed by atoms with van der Waals surface area (Å²) in [7, 11) is 1.81. The lowest BCUT2D eigenvalue weighted by molar-refractivity contribution is 0.0792. The molecule has 0 aliphatic carbocycles. The molecule has 2 N–H and O–H groups in total. The Balaban J connectivity index is 1.92. The van der Waals surface area contributed by atoms with Crippen molar-refractivity contribution in [2.75, 3.05) is 12.8 Å². The van der Waals surface area contributed by atoms with Crippen molar-refractivity contribution in [3.05, 3.63) is 49.9 Å². The molecule has 108 valence electrons. The minimum Gasteiger partial charge on any atom is -0.397 e. The van der Waals surface area contributed by atoms with E-state index in [-0.39, 0.29) is 5.91 Å². The van der Waals surface area contributed by atoms with Gasteiger partial charge in [0, 0.05) is 26.5 Å². The summed E-state index contributed by atoms with van der Waals surface area (Å²) in [5, 5.41) is 2.95. The molecule has 0 aliphatic rings. The van der Waals surface area contributed by atoms with Crippen LogP contribution in [0.4, 0.5) is 5.69 Å². The molecular formula is C15H13BrN2OS2. The highest BCUT2D eigenvalue weighted by Gasteiger charge is 2.20. The zero-order valence-electron chi connectivity index (χ0n) is 11.3. The highest BCUT2D eigenvalue weighted by atomic mass is 79.9. The van der Waals surface area contributed by atoms with Crippen molar-refractivity contribution in [3.8, 4) is 0 Å². The lowest BCUT2D eigenvalue weighted by Crippen LogP contribution is -2.25. The molecule has 0 atom stereocenters. The normalized spacial score (nSPS) is 11.0. The van der Waals surface area contributed by atoms with Crippen molar-refractivity contribution in [1.82, 2.24) is 4.90 Å². The number of benzene rings is 1. The number of anilines is 1. The van der Waals surface area contributed by atoms with Crippen LogP contribution in [0.3, 0.4) is 0 Å². The van der Waals surface area contributed by atoms with Crippen LogP contribution in [0.5, 0.6) is 0 Å². The van der Waals surface area contributed by atoms with Crippen LogP contribution in [0.15, 0.2) is 40.2 Å². The summed E-state index contributed by atoms with van der Waals surface area (Å²) >= 11 is 6.54. The highest BCUT2D eigenvalue weighted by Crippen LogP contribution is 2.36. The summed E-state index contributed by atoms with van der Waals surface area (Å²) in [6, 6.07) is 9.90. The van der Waals surface area contributed by atoms with Crippen molar-refractivity contribution in [2.24, 2.45) is 0 Å². The zero-order chi connectivity index (χ0) is 15.0. The molecule has 3 aromatic rings. The van der Waals surface area contributed by atoms with Crippen LogP contribution in [0.1, 0.15) is 14.5 Å². The van der Waals surface area contributed by atoms with Crippen LogP contribution < -0.4 is 5.73 Å². The average molecular weight is 381 g/mol. The number of carbonyl (C=O) groups is 1. The first-order chi connectivity index (χ1) is 10.1. The van der Waals surface area contributed by atoms with Gasteiger partial charge in [-0.3, -0.25) is 4.79 Å². The van der Waals surface area contributed by atoms with E-state index in [1.54, 1.807) is 16.2 Å². The zero-order valence-corrected chi connectivity index (χ0v) is 14.5. The summed E-state index contributed by atoms with van der Waals surface area (Å²) in [6.07, 6.45) is 0. The molecule has 21 heavy (non-hydrogen) atoms. The Morgan fingerprint density at radius 3 is 2.90 bits per heavy atom. The number of nitrogens with two attached hydrogens (primary N) is 1. The third-order valence-electron chi connectivity index (χ3n) is 3.20. The molecule has 3 nitrogen and oxygen atoms in total. The molecule has 0 saturated heterocycles. The van der Waals surface area contributed by atoms with E-state index in [4.69, 9.17) is 5.73 Å². The maximum Gasteiger partial charge on any atom is 0.266 e. The van der Waals surface area contributed by atoms with E-state index in [0.29, 0.717) is 17.1 Å². The van der Waals surface area contributed by atoms with Crippen LogP contribution in [0, 0.1) is 0 Å². The molecule has 0 unspecified atom stereocenters. The Labute approximate surface area is 139 Å². The first-order valence-electron chi connectivity index (χ1n) is 6.31. The second kappa shape index (κ2) is 5.79. The van der Waals surface area contributed by atoms with Crippen molar-refractivity contribution < 1.29 is 4.79 Å². The Morgan fingerprint density at radius 1 is 1.38 bits per heavy atom. The average Bonchev–Trinajstić information content (AvgIpc) is 3.06. The van der Waals surface area contributed by atoms with E-state index >= 15 is 0 Å². The quantitative estimate of drug-likeness (QED) is 0.722. The van der Waals surface area contributed by atoms with Crippen molar-refractivity contribution in [1.29, 1.82) is 0 Å². The summed E-state index contributed by atoms with van der Waals surface area (Å²) < 4.78 is 2.01. The van der Waals surface area contributed by atoms with E-state index in [1.807, 2.05) is 42.8 Å². The second-order valence-electron chi connectivity index (χ2n) is 4.73. The van der Waals surface area contributed by atoms with Crippen LogP contribution in [-0.4, -0.2) is 17.9 Å². The monoisotopic (exact) mass is 380 g/mol. The number of thiophene rings is 2. The fraction of sp³-hybridized carbons (Fsp3) is 0.133. The fourth-order valence-corrected chi connectivity index (χ4v) is 4.56. The molecule has 2 aromatic heterocycles. The molecule has 0 aliphatic heterocycles. The lowest BCUT2D eigenvalue weighted by Gasteiger charge is -2.15. The van der Waals surface area contributed by atoms with E-state index in [2.05, 4.69) is 15.9 Å². The smallest absolute Gasteiger partial charge is 0.266 e. The van der Waals surface area contributed by atoms with E-state index < -0.39 is 0 Å². The van der Waals surface area contributed by atoms with Crippen molar-refractivity contribution >= 4 is 60.3 Å². The third-order valence-corrected chi connectivity index (χ3v) is 5.72. The van der Waals surface area contributed by atoms with Gasteiger partial charge in [0.05, 0.1) is 12.2 Å². The SMILES string of the molecule is CN(Cc1cccs1)C(=O)c1sc2cc(Br)ccc2c1N. The van der Waals surface area contributed by atoms with E-state index in [9.17, 15) is 4.79 Å². The van der Waals surface area contributed by atoms with Gasteiger partial charge in [0.2, 0.25) is 0 Å². The van der Waals surface area contributed by atoms with E-state index in [0.717, 1.165) is 19.4 Å². The number of nitrogen functional groups attached to an aromatic ring is 1. The molecule has 0 bridgehead atoms. The Bertz CT molecular complexity index is 795. The molecule has 6 heteroatoms. The number of halogens is 1. The van der Waals surface area contributed by atoms with Crippen molar-refractivity contribution in [3.63, 3.8) is 0 Å². The number of hydrogen-bond acceptors (Lipinski definition) is 4. The topological polar surface area (TPSA) is 46.3 Å². The molecule has 2 heterocycles. The molecule has 0 fully saturated rings. The van der Waals surface area contributed by atoms with Gasteiger partial charge in [-0.1, -0.05) is 28.1 Å². The summed E-state index contributed by atoms with van der Waals surface area (Å²) in [6.45, 7) is 0.605. The molecular weight excluding hydrogens is 368 g/mol. The lowest BCUT2D eigenvalue weighted by atomic mass is 10.2. The van der Waals surface area contributed by atoms with Gasteiger partial charge < -0.3 is 10.6 Å². The van der Waals surface area contributed by atoms with Gasteiger partial charge in [-0.25, -0.2) is 0 Å². The maximum absolute atomic E-state index is 12.6. The first kappa shape index (κ1) is 14.6. The summed E-state index contributed by atoms with van der Waals surface area (Å²) in [5.41, 5.74) is 6.73. The van der Waals surface area contributed by atoms with Crippen LogP contribution in [0.25, 0.3) is 10.1 Å². The van der Waals surface area contributed by atoms with Gasteiger partial charge in [0.1, 0.15) is 4.88 Å². The molecule has 1 amide bonds. The third kappa shape index (κ3) is 2.84. The number of nitrogens with zero attached hydrogens (tertiary/aromatic N) is 1. The van der Waals surface area contributed by atoms with Gasteiger partial charge in [0.25, 0.3) is 5.91 Å². The van der Waals surface area contributed by atoms with Crippen LogP contribution in [0.2, 0.25) is 0 Å². The minimum atomic E-state index is -0.0294. The van der Waals surface area contributed by atoms with Gasteiger partial charge in [-0.05, 0) is 23.6 Å². The molecule has 0 spiro atoms. The molecule has 0 saturated carbocycles. The molecule has 0 radical (unpaired) electrons. The largest absolute Gasteiger partial charge is 0.397 e. The summed E-state index contributed by atoms with van der Waals surface area (Å²) in [4.78, 5) is 16.1. The molecule has 1 aromatic carbocycles. The van der Waals surface area contributed by atoms with E-state index in [1.165, 1.54) is 11.3 Å². The Kier molecular flexibility index (Phi) is 4.01. The fourth-order valence-electron chi connectivity index (χ4n) is 2.13. The van der Waals surface area contributed by atoms with Crippen LogP contribution >= 0.6 is 38.6 Å². The standard InChI is InChI=1S/C15H13BrN2OS2/c1-18(8-10-3-2-6-20-10)15(19)14-13(17)11-5-4-9(16)7-12(11)21-14/h2-7H,8,17H2,1H3. The highest BCUT2D eigenvalue weighted by molar-refractivity contribution is 9.10. The number of carbonyl (C=O) groups excluding carboxylic acids is 1. The number of hydrogen-bond donors (Lipinski definition) is 1. The predicted octanol–water partition coefficient (Wildman–Crippen LogP) is 4.58. The summed E-state index contributed by atoms with van der Waals surface area (Å²) in [5.74, 6) is -0.0294. The molecule has 3 rings (SSSR count). The van der Waals surface area contributed by atoms with Gasteiger partial charge in [0.15, 0.2) is 0 Å². The van der Waals surface area contributed by atoms with Gasteiger partial charge in [-0.15, -0.1) is 22.7 Å². The van der Waals surface area contributed by atoms with Gasteiger partial charge >= 0.3 is 0 Å². The second-order valence-corrected chi connectivity index (χ2v) is 7.73. The number of rotatable bonds is 3. The van der Waals surface area contributed by atoms with Gasteiger partial charge in [-0.2, -0.15) is 0 Å². The first-order valence-corrected chi connectivity index (χ1v) is 8.80. The minimum absolute atomic E-state index is 0.0294. The van der Waals surface area contributed by atoms with Crippen LogP contribution in [-0.2, 0) is 6.54 Å². The predicted molar refractivity (Wildman–Crippen MR) is 94.1 cm³/mol.